The molecule has 0 bridgehead atoms. The number of hydrogen-bond acceptors (Lipinski definition) is 7. The van der Waals surface area contributed by atoms with Crippen molar-refractivity contribution in [2.75, 3.05) is 26.9 Å². The molecule has 2 unspecified atom stereocenters. The van der Waals surface area contributed by atoms with Gasteiger partial charge in [0.25, 0.3) is 0 Å². The summed E-state index contributed by atoms with van der Waals surface area (Å²) in [5.41, 5.74) is 1.84. The van der Waals surface area contributed by atoms with Crippen LogP contribution in [0.1, 0.15) is 5.56 Å². The summed E-state index contributed by atoms with van der Waals surface area (Å²) in [6.45, 7) is 0.452. The van der Waals surface area contributed by atoms with Gasteiger partial charge in [-0.3, -0.25) is 4.98 Å². The highest BCUT2D eigenvalue weighted by molar-refractivity contribution is 5.86. The summed E-state index contributed by atoms with van der Waals surface area (Å²) in [5, 5.41) is 24.1. The van der Waals surface area contributed by atoms with E-state index in [1.54, 1.807) is 13.3 Å². The molecule has 3 N–H and O–H groups in total. The summed E-state index contributed by atoms with van der Waals surface area (Å²) >= 11 is 0. The van der Waals surface area contributed by atoms with Crippen molar-refractivity contribution in [2.45, 2.75) is 18.6 Å². The minimum absolute atomic E-state index is 0.0447. The monoisotopic (exact) mass is 474 g/mol. The molecule has 0 radical (unpaired) electrons. The van der Waals surface area contributed by atoms with E-state index in [4.69, 9.17) is 14.2 Å². The zero-order valence-electron chi connectivity index (χ0n) is 19.6. The molecule has 0 saturated carbocycles. The number of rotatable bonds is 12. The van der Waals surface area contributed by atoms with Crippen molar-refractivity contribution in [2.24, 2.45) is 0 Å². The number of nitrogens with zero attached hydrogens (tertiary/aromatic N) is 1. The van der Waals surface area contributed by atoms with E-state index in [1.165, 1.54) is 0 Å². The third-order valence-electron chi connectivity index (χ3n) is 5.59. The van der Waals surface area contributed by atoms with Gasteiger partial charge in [-0.25, -0.2) is 0 Å². The second-order valence-electron chi connectivity index (χ2n) is 8.21. The fourth-order valence-corrected chi connectivity index (χ4v) is 3.69. The summed E-state index contributed by atoms with van der Waals surface area (Å²) in [5.74, 6) is 2.88. The summed E-state index contributed by atoms with van der Waals surface area (Å²) in [6.07, 6.45) is 1.64. The lowest BCUT2D eigenvalue weighted by Gasteiger charge is -2.19. The van der Waals surface area contributed by atoms with Crippen LogP contribution in [0.2, 0.25) is 0 Å². The van der Waals surface area contributed by atoms with Crippen LogP contribution in [0.5, 0.6) is 23.0 Å². The third kappa shape index (κ3) is 6.93. The molecule has 4 rings (SSSR count). The van der Waals surface area contributed by atoms with Crippen LogP contribution in [0.25, 0.3) is 10.9 Å². The number of methoxy groups -OCH3 is 1. The van der Waals surface area contributed by atoms with E-state index in [0.717, 1.165) is 22.2 Å². The second-order valence-corrected chi connectivity index (χ2v) is 8.21. The van der Waals surface area contributed by atoms with Crippen LogP contribution in [-0.4, -0.2) is 54.2 Å². The maximum Gasteiger partial charge on any atom is 0.138 e. The van der Waals surface area contributed by atoms with Crippen LogP contribution < -0.4 is 19.5 Å². The molecular weight excluding hydrogens is 444 g/mol. The van der Waals surface area contributed by atoms with Gasteiger partial charge in [-0.15, -0.1) is 0 Å². The molecular formula is C28H30N2O5. The molecule has 1 aromatic heterocycles. The molecule has 0 spiro atoms. The van der Waals surface area contributed by atoms with Crippen LogP contribution in [0.4, 0.5) is 0 Å². The van der Waals surface area contributed by atoms with E-state index in [9.17, 15) is 10.2 Å². The topological polar surface area (TPSA) is 93.1 Å². The first kappa shape index (κ1) is 24.5. The van der Waals surface area contributed by atoms with E-state index in [-0.39, 0.29) is 19.3 Å². The number of fused-ring (bicyclic) bond motifs is 1. The van der Waals surface area contributed by atoms with Gasteiger partial charge >= 0.3 is 0 Å². The highest BCUT2D eigenvalue weighted by Gasteiger charge is 2.12. The molecule has 0 aliphatic rings. The molecule has 2 atom stereocenters. The maximum absolute atomic E-state index is 10.2. The Morgan fingerprint density at radius 3 is 2.43 bits per heavy atom. The van der Waals surface area contributed by atoms with Gasteiger partial charge in [-0.2, -0.15) is 0 Å². The van der Waals surface area contributed by atoms with Crippen molar-refractivity contribution >= 4 is 10.9 Å². The van der Waals surface area contributed by atoms with E-state index >= 15 is 0 Å². The zero-order valence-corrected chi connectivity index (χ0v) is 19.6. The molecule has 0 aliphatic heterocycles. The summed E-state index contributed by atoms with van der Waals surface area (Å²) in [7, 11) is 1.63. The summed E-state index contributed by atoms with van der Waals surface area (Å²) in [6, 6.07) is 24.5. The highest BCUT2D eigenvalue weighted by Crippen LogP contribution is 2.30. The lowest BCUT2D eigenvalue weighted by molar-refractivity contribution is 0.0997. The van der Waals surface area contributed by atoms with Crippen molar-refractivity contribution in [3.63, 3.8) is 0 Å². The Morgan fingerprint density at radius 2 is 1.69 bits per heavy atom. The number of aliphatic hydroxyl groups is 2. The first-order valence-corrected chi connectivity index (χ1v) is 11.5. The Morgan fingerprint density at radius 1 is 0.914 bits per heavy atom. The van der Waals surface area contributed by atoms with Crippen LogP contribution in [0.15, 0.2) is 85.1 Å². The molecule has 4 aromatic rings. The lowest BCUT2D eigenvalue weighted by Crippen LogP contribution is -2.41. The normalized spacial score (nSPS) is 12.8. The largest absolute Gasteiger partial charge is 0.497 e. The lowest BCUT2D eigenvalue weighted by atomic mass is 10.1. The highest BCUT2D eigenvalue weighted by atomic mass is 16.5. The van der Waals surface area contributed by atoms with Gasteiger partial charge in [-0.1, -0.05) is 30.3 Å². The van der Waals surface area contributed by atoms with Gasteiger partial charge in [0.2, 0.25) is 0 Å². The molecule has 7 nitrogen and oxygen atoms in total. The number of aliphatic hydroxyl groups excluding tert-OH is 2. The van der Waals surface area contributed by atoms with Crippen LogP contribution in [0.3, 0.4) is 0 Å². The Kier molecular flexibility index (Phi) is 8.51. The molecule has 1 heterocycles. The van der Waals surface area contributed by atoms with Crippen molar-refractivity contribution in [1.82, 2.24) is 10.3 Å². The third-order valence-corrected chi connectivity index (χ3v) is 5.59. The predicted molar refractivity (Wildman–Crippen MR) is 135 cm³/mol. The minimum Gasteiger partial charge on any atom is -0.497 e. The Hall–Kier alpha value is -3.65. The molecule has 182 valence electrons. The van der Waals surface area contributed by atoms with Gasteiger partial charge in [0.1, 0.15) is 35.7 Å². The Labute approximate surface area is 204 Å². The average molecular weight is 475 g/mol. The van der Waals surface area contributed by atoms with Crippen LogP contribution in [-0.2, 0) is 6.42 Å². The average Bonchev–Trinajstić information content (AvgIpc) is 2.91. The summed E-state index contributed by atoms with van der Waals surface area (Å²) in [4.78, 5) is 4.39. The Balaban J connectivity index is 1.30. The molecule has 3 aromatic carbocycles. The number of nitrogens with one attached hydrogen (secondary N) is 1. The molecule has 0 saturated heterocycles. The standard InChI is InChI=1S/C28H30N2O5/c1-33-25-11-12-26-27(16-25)29-14-13-28(26)35-24-9-7-20(8-10-24)15-21(18-31)30-17-22(32)19-34-23-5-3-2-4-6-23/h2-14,16,21-22,30-32H,15,17-19H2,1H3. The van der Waals surface area contributed by atoms with Crippen molar-refractivity contribution in [1.29, 1.82) is 0 Å². The number of ether oxygens (including phenoxy) is 3. The van der Waals surface area contributed by atoms with E-state index < -0.39 is 6.10 Å². The Bertz CT molecular complexity index is 1200. The summed E-state index contributed by atoms with van der Waals surface area (Å²) < 4.78 is 16.9. The van der Waals surface area contributed by atoms with Gasteiger partial charge in [0.05, 0.1) is 19.2 Å². The van der Waals surface area contributed by atoms with E-state index in [1.807, 2.05) is 78.9 Å². The smallest absolute Gasteiger partial charge is 0.138 e. The number of benzene rings is 3. The van der Waals surface area contributed by atoms with E-state index in [2.05, 4.69) is 10.3 Å². The van der Waals surface area contributed by atoms with Crippen molar-refractivity contribution in [3.05, 3.63) is 90.6 Å². The zero-order chi connectivity index (χ0) is 24.5. The predicted octanol–water partition coefficient (Wildman–Crippen LogP) is 3.97. The minimum atomic E-state index is -0.685. The number of aromatic nitrogens is 1. The second kappa shape index (κ2) is 12.2. The number of pyridine rings is 1. The fraction of sp³-hybridized carbons (Fsp3) is 0.250. The van der Waals surface area contributed by atoms with Gasteiger partial charge in [0.15, 0.2) is 0 Å². The van der Waals surface area contributed by atoms with Gasteiger partial charge in [-0.05, 0) is 54.4 Å². The number of para-hydroxylation sites is 1. The van der Waals surface area contributed by atoms with Crippen molar-refractivity contribution < 1.29 is 24.4 Å². The maximum atomic E-state index is 10.2. The molecule has 0 aliphatic carbocycles. The van der Waals surface area contributed by atoms with Crippen LogP contribution in [0, 0.1) is 0 Å². The SMILES string of the molecule is COc1ccc2c(Oc3ccc(CC(CO)NCC(O)COc4ccccc4)cc3)ccnc2c1. The first-order chi connectivity index (χ1) is 17.1. The molecule has 7 heteroatoms. The quantitative estimate of drug-likeness (QED) is 0.286. The molecule has 0 amide bonds. The van der Waals surface area contributed by atoms with E-state index in [0.29, 0.717) is 30.2 Å². The van der Waals surface area contributed by atoms with Crippen molar-refractivity contribution in [3.8, 4) is 23.0 Å². The molecule has 35 heavy (non-hydrogen) atoms. The fourth-order valence-electron chi connectivity index (χ4n) is 3.69. The van der Waals surface area contributed by atoms with Crippen LogP contribution >= 0.6 is 0 Å². The van der Waals surface area contributed by atoms with Gasteiger partial charge < -0.3 is 29.7 Å². The molecule has 0 fully saturated rings. The van der Waals surface area contributed by atoms with Gasteiger partial charge in [0, 0.05) is 30.2 Å². The first-order valence-electron chi connectivity index (χ1n) is 11.5. The number of hydrogen-bond donors (Lipinski definition) is 3.